The van der Waals surface area contributed by atoms with E-state index in [4.69, 9.17) is 28.0 Å². The summed E-state index contributed by atoms with van der Waals surface area (Å²) in [5.74, 6) is -0.262. The highest BCUT2D eigenvalue weighted by Crippen LogP contribution is 2.22. The second-order valence-electron chi connectivity index (χ2n) is 2.82. The fourth-order valence-electron chi connectivity index (χ4n) is 0.892. The highest BCUT2D eigenvalue weighted by atomic mass is 35.5. The molecule has 0 atom stereocenters. The van der Waals surface area contributed by atoms with Gasteiger partial charge in [0.15, 0.2) is 6.61 Å². The van der Waals surface area contributed by atoms with Crippen molar-refractivity contribution in [2.75, 3.05) is 13.7 Å². The molecular formula is C10H10Cl2N2O2. The van der Waals surface area contributed by atoms with Crippen LogP contribution in [0.5, 0.6) is 0 Å². The standard InChI is InChI=1S/C10H10Cl2N2O2/c1-13-10(15)6-16-14-5-7-8(11)3-2-4-9(7)12/h2-5H,6H2,1H3,(H,13,15)/b14-5+. The van der Waals surface area contributed by atoms with E-state index < -0.39 is 0 Å². The number of carbonyl (C=O) groups excluding carboxylic acids is 1. The number of nitrogens with one attached hydrogen (secondary N) is 1. The molecule has 0 unspecified atom stereocenters. The second kappa shape index (κ2) is 6.35. The number of nitrogens with zero attached hydrogens (tertiary/aromatic N) is 1. The van der Waals surface area contributed by atoms with E-state index in [2.05, 4.69) is 10.5 Å². The first kappa shape index (κ1) is 12.8. The molecule has 1 N–H and O–H groups in total. The second-order valence-corrected chi connectivity index (χ2v) is 3.63. The predicted molar refractivity (Wildman–Crippen MR) is 64.1 cm³/mol. The van der Waals surface area contributed by atoms with Crippen LogP contribution in [0.15, 0.2) is 23.4 Å². The van der Waals surface area contributed by atoms with Crippen LogP contribution in [-0.4, -0.2) is 25.8 Å². The molecule has 0 bridgehead atoms. The molecule has 16 heavy (non-hydrogen) atoms. The monoisotopic (exact) mass is 260 g/mol. The van der Waals surface area contributed by atoms with Gasteiger partial charge in [-0.25, -0.2) is 0 Å². The van der Waals surface area contributed by atoms with Crippen LogP contribution >= 0.6 is 23.2 Å². The Morgan fingerprint density at radius 2 is 2.12 bits per heavy atom. The third-order valence-electron chi connectivity index (χ3n) is 1.73. The molecule has 0 fully saturated rings. The quantitative estimate of drug-likeness (QED) is 0.666. The van der Waals surface area contributed by atoms with E-state index in [0.29, 0.717) is 15.6 Å². The number of likely N-dealkylation sites (N-methyl/N-ethyl adjacent to an activating group) is 1. The Labute approximate surface area is 103 Å². The van der Waals surface area contributed by atoms with Gasteiger partial charge < -0.3 is 10.2 Å². The lowest BCUT2D eigenvalue weighted by Crippen LogP contribution is -2.22. The van der Waals surface area contributed by atoms with Gasteiger partial charge in [-0.15, -0.1) is 0 Å². The van der Waals surface area contributed by atoms with Crippen LogP contribution in [0.1, 0.15) is 5.56 Å². The molecule has 1 amide bonds. The molecule has 0 aromatic heterocycles. The van der Waals surface area contributed by atoms with Gasteiger partial charge in [0.25, 0.3) is 5.91 Å². The van der Waals surface area contributed by atoms with Gasteiger partial charge in [0, 0.05) is 12.6 Å². The van der Waals surface area contributed by atoms with E-state index in [1.165, 1.54) is 13.3 Å². The van der Waals surface area contributed by atoms with E-state index in [1.807, 2.05) is 0 Å². The lowest BCUT2D eigenvalue weighted by Gasteiger charge is -2.00. The largest absolute Gasteiger partial charge is 0.386 e. The number of oxime groups is 1. The number of halogens is 2. The van der Waals surface area contributed by atoms with Crippen molar-refractivity contribution in [3.8, 4) is 0 Å². The van der Waals surface area contributed by atoms with Crippen LogP contribution < -0.4 is 5.32 Å². The van der Waals surface area contributed by atoms with Gasteiger partial charge in [0.1, 0.15) is 0 Å². The van der Waals surface area contributed by atoms with E-state index >= 15 is 0 Å². The lowest BCUT2D eigenvalue weighted by atomic mass is 10.2. The summed E-state index contributed by atoms with van der Waals surface area (Å²) in [6.07, 6.45) is 1.37. The van der Waals surface area contributed by atoms with Crippen molar-refractivity contribution in [2.24, 2.45) is 5.16 Å². The Balaban J connectivity index is 2.59. The number of amides is 1. The first-order valence-corrected chi connectivity index (χ1v) is 5.20. The summed E-state index contributed by atoms with van der Waals surface area (Å²) in [7, 11) is 1.51. The molecule has 0 aliphatic heterocycles. The van der Waals surface area contributed by atoms with Crippen LogP contribution in [0, 0.1) is 0 Å². The zero-order valence-electron chi connectivity index (χ0n) is 8.54. The topological polar surface area (TPSA) is 50.7 Å². The molecule has 0 radical (unpaired) electrons. The molecule has 1 aromatic carbocycles. The number of benzene rings is 1. The highest BCUT2D eigenvalue weighted by molar-refractivity contribution is 6.38. The summed E-state index contributed by atoms with van der Waals surface area (Å²) in [6.45, 7) is -0.144. The van der Waals surface area contributed by atoms with Gasteiger partial charge in [-0.2, -0.15) is 0 Å². The Bertz CT molecular complexity index is 388. The molecule has 4 nitrogen and oxygen atoms in total. The van der Waals surface area contributed by atoms with Gasteiger partial charge in [-0.1, -0.05) is 34.4 Å². The maximum absolute atomic E-state index is 10.8. The van der Waals surface area contributed by atoms with Crippen molar-refractivity contribution in [1.82, 2.24) is 5.32 Å². The molecule has 1 rings (SSSR count). The van der Waals surface area contributed by atoms with Crippen LogP contribution in [0.2, 0.25) is 10.0 Å². The summed E-state index contributed by atoms with van der Waals surface area (Å²) in [5.41, 5.74) is 0.558. The molecule has 0 heterocycles. The maximum Gasteiger partial charge on any atom is 0.260 e. The average molecular weight is 261 g/mol. The Kier molecular flexibility index (Phi) is 5.08. The molecule has 1 aromatic rings. The maximum atomic E-state index is 10.8. The van der Waals surface area contributed by atoms with E-state index in [-0.39, 0.29) is 12.5 Å². The van der Waals surface area contributed by atoms with Gasteiger partial charge in [-0.3, -0.25) is 4.79 Å². The van der Waals surface area contributed by atoms with E-state index in [0.717, 1.165) is 0 Å². The Morgan fingerprint density at radius 3 is 2.69 bits per heavy atom. The highest BCUT2D eigenvalue weighted by Gasteiger charge is 2.02. The average Bonchev–Trinajstić information content (AvgIpc) is 2.27. The molecule has 0 aliphatic carbocycles. The van der Waals surface area contributed by atoms with Gasteiger partial charge in [0.05, 0.1) is 16.3 Å². The van der Waals surface area contributed by atoms with Crippen molar-refractivity contribution in [1.29, 1.82) is 0 Å². The molecule has 6 heteroatoms. The minimum Gasteiger partial charge on any atom is -0.386 e. The SMILES string of the molecule is CNC(=O)CO/N=C/c1c(Cl)cccc1Cl. The fourth-order valence-corrected chi connectivity index (χ4v) is 1.39. The van der Waals surface area contributed by atoms with Crippen molar-refractivity contribution in [2.45, 2.75) is 0 Å². The molecule has 86 valence electrons. The van der Waals surface area contributed by atoms with Crippen molar-refractivity contribution >= 4 is 35.3 Å². The first-order chi connectivity index (χ1) is 7.65. The molecule has 0 spiro atoms. The Hall–Kier alpha value is -1.26. The lowest BCUT2D eigenvalue weighted by molar-refractivity contribution is -0.125. The summed E-state index contributed by atoms with van der Waals surface area (Å²) < 4.78 is 0. The fraction of sp³-hybridized carbons (Fsp3) is 0.200. The number of hydrogen-bond acceptors (Lipinski definition) is 3. The third-order valence-corrected chi connectivity index (χ3v) is 2.39. The zero-order valence-corrected chi connectivity index (χ0v) is 10.0. The van der Waals surface area contributed by atoms with E-state index in [1.54, 1.807) is 18.2 Å². The summed E-state index contributed by atoms with van der Waals surface area (Å²) in [5, 5.41) is 6.94. The first-order valence-electron chi connectivity index (χ1n) is 4.45. The van der Waals surface area contributed by atoms with Crippen LogP contribution in [0.3, 0.4) is 0 Å². The van der Waals surface area contributed by atoms with Gasteiger partial charge in [0.2, 0.25) is 0 Å². The summed E-state index contributed by atoms with van der Waals surface area (Å²) in [6, 6.07) is 5.11. The van der Waals surface area contributed by atoms with E-state index in [9.17, 15) is 4.79 Å². The van der Waals surface area contributed by atoms with Crippen molar-refractivity contribution in [3.63, 3.8) is 0 Å². The Morgan fingerprint density at radius 1 is 1.50 bits per heavy atom. The van der Waals surface area contributed by atoms with Crippen molar-refractivity contribution in [3.05, 3.63) is 33.8 Å². The van der Waals surface area contributed by atoms with Crippen LogP contribution in [0.25, 0.3) is 0 Å². The number of rotatable bonds is 4. The summed E-state index contributed by atoms with van der Waals surface area (Å²) in [4.78, 5) is 15.5. The normalized spacial score (nSPS) is 10.4. The minimum absolute atomic E-state index is 0.144. The van der Waals surface area contributed by atoms with Crippen molar-refractivity contribution < 1.29 is 9.63 Å². The summed E-state index contributed by atoms with van der Waals surface area (Å²) >= 11 is 11.8. The molecule has 0 saturated heterocycles. The smallest absolute Gasteiger partial charge is 0.260 e. The minimum atomic E-state index is -0.262. The van der Waals surface area contributed by atoms with Gasteiger partial charge >= 0.3 is 0 Å². The predicted octanol–water partition coefficient (Wildman–Crippen LogP) is 2.09. The number of hydrogen-bond donors (Lipinski definition) is 1. The molecular weight excluding hydrogens is 251 g/mol. The zero-order chi connectivity index (χ0) is 12.0. The molecule has 0 aliphatic rings. The number of carbonyl (C=O) groups is 1. The van der Waals surface area contributed by atoms with Crippen LogP contribution in [0.4, 0.5) is 0 Å². The third kappa shape index (κ3) is 3.72. The molecule has 0 saturated carbocycles. The van der Waals surface area contributed by atoms with Crippen LogP contribution in [-0.2, 0) is 9.63 Å². The van der Waals surface area contributed by atoms with Gasteiger partial charge in [-0.05, 0) is 12.1 Å².